The van der Waals surface area contributed by atoms with E-state index in [-0.39, 0.29) is 30.6 Å². The Hall–Kier alpha value is -0.0351. The first kappa shape index (κ1) is 20.7. The highest BCUT2D eigenvalue weighted by Gasteiger charge is 2.50. The normalized spacial score (nSPS) is 28.7. The average Bonchev–Trinajstić information content (AvgIpc) is 3.11. The minimum Gasteiger partial charge on any atom is -0.462 e. The van der Waals surface area contributed by atoms with Crippen LogP contribution in [0.5, 0.6) is 0 Å². The number of hydrogen-bond donors (Lipinski definition) is 0. The number of hydrogen-bond acceptors (Lipinski definition) is 4. The van der Waals surface area contributed by atoms with E-state index < -0.39 is 0 Å². The van der Waals surface area contributed by atoms with Gasteiger partial charge in [-0.1, -0.05) is 30.3 Å². The lowest BCUT2D eigenvalue weighted by molar-refractivity contribution is -0.141. The third-order valence-electron chi connectivity index (χ3n) is 5.60. The van der Waals surface area contributed by atoms with Gasteiger partial charge in [0.2, 0.25) is 0 Å². The zero-order chi connectivity index (χ0) is 18.5. The smallest absolute Gasteiger partial charge is 0.336 e. The second kappa shape index (κ2) is 9.95. The third-order valence-corrected chi connectivity index (χ3v) is 6.30. The summed E-state index contributed by atoms with van der Waals surface area (Å²) in [5, 5.41) is 0. The van der Waals surface area contributed by atoms with Crippen molar-refractivity contribution >= 4 is 40.0 Å². The van der Waals surface area contributed by atoms with Gasteiger partial charge in [-0.3, -0.25) is 4.79 Å². The summed E-state index contributed by atoms with van der Waals surface area (Å²) in [6, 6.07) is 10.5. The van der Waals surface area contributed by atoms with Gasteiger partial charge in [-0.2, -0.15) is 0 Å². The maximum Gasteiger partial charge on any atom is 0.336 e. The number of rotatable bonds is 9. The highest BCUT2D eigenvalue weighted by atomic mass is 31.1. The van der Waals surface area contributed by atoms with Gasteiger partial charge in [-0.25, -0.2) is 0 Å². The van der Waals surface area contributed by atoms with E-state index in [2.05, 4.69) is 52.0 Å². The van der Waals surface area contributed by atoms with Crippen LogP contribution in [-0.4, -0.2) is 30.6 Å². The summed E-state index contributed by atoms with van der Waals surface area (Å²) in [6.45, 7) is 0. The maximum absolute atomic E-state index is 11.7. The zero-order valence-electron chi connectivity index (χ0n) is 15.0. The number of fused-ring (bicyclic) bond motifs is 1. The molecule has 4 nitrogen and oxygen atoms in total. The van der Waals surface area contributed by atoms with E-state index in [1.54, 1.807) is 0 Å². The second-order valence-corrected chi connectivity index (χ2v) is 9.65. The van der Waals surface area contributed by atoms with Gasteiger partial charge >= 0.3 is 12.3 Å². The molecule has 1 saturated heterocycles. The van der Waals surface area contributed by atoms with Crippen molar-refractivity contribution in [1.82, 2.24) is 0 Å². The van der Waals surface area contributed by atoms with Crippen LogP contribution >= 0.6 is 27.7 Å². The Bertz CT molecular complexity index is 589. The SMILES string of the molecule is O=C1C[C@@H]2[C@@H](CC[C@@H](CCc3ccccc3)OP)[C@H](OB(P)P)C[C@@H]2O1. The zero-order valence-corrected chi connectivity index (χ0v) is 18.4. The van der Waals surface area contributed by atoms with Crippen molar-refractivity contribution < 1.29 is 18.7 Å². The number of carbonyl (C=O) groups is 1. The Morgan fingerprint density at radius 2 is 2.00 bits per heavy atom. The van der Waals surface area contributed by atoms with Crippen LogP contribution in [0.1, 0.15) is 37.7 Å². The van der Waals surface area contributed by atoms with Gasteiger partial charge < -0.3 is 13.9 Å². The molecule has 1 aromatic carbocycles. The van der Waals surface area contributed by atoms with Gasteiger partial charge in [0, 0.05) is 27.9 Å². The molecule has 0 radical (unpaired) electrons. The van der Waals surface area contributed by atoms with Gasteiger partial charge in [0.05, 0.1) is 12.5 Å². The standard InChI is InChI=1S/C18H28BO4P3/c20-18-10-15-14(17(22-19(24)25)11-16(15)21-18)9-8-13(23-26)7-6-12-4-2-1-3-5-12/h1-5,13-17H,6-11,24-26H2/t13-,14-,15-,16+,17-/m1/s1. The molecule has 0 bridgehead atoms. The summed E-state index contributed by atoms with van der Waals surface area (Å²) in [7, 11) is 7.76. The highest BCUT2D eigenvalue weighted by Crippen LogP contribution is 2.45. The summed E-state index contributed by atoms with van der Waals surface area (Å²) in [5.74, 6) is 0.592. The molecule has 1 saturated carbocycles. The molecule has 3 rings (SSSR count). The van der Waals surface area contributed by atoms with Crippen molar-refractivity contribution in [3.63, 3.8) is 0 Å². The predicted octanol–water partition coefficient (Wildman–Crippen LogP) is 3.65. The fourth-order valence-electron chi connectivity index (χ4n) is 4.35. The summed E-state index contributed by atoms with van der Waals surface area (Å²) in [5.41, 5.74) is 1.34. The molecule has 0 N–H and O–H groups in total. The second-order valence-electron chi connectivity index (χ2n) is 7.29. The first-order valence-electron chi connectivity index (χ1n) is 9.32. The molecule has 2 aliphatic rings. The topological polar surface area (TPSA) is 44.8 Å². The average molecular weight is 412 g/mol. The number of aryl methyl sites for hydroxylation is 1. The van der Waals surface area contributed by atoms with Crippen molar-refractivity contribution in [2.45, 2.75) is 56.8 Å². The van der Waals surface area contributed by atoms with E-state index in [1.165, 1.54) is 5.56 Å². The Kier molecular flexibility index (Phi) is 7.92. The minimum atomic E-state index is -0.0559. The molecule has 1 aromatic rings. The molecule has 2 fully saturated rings. The largest absolute Gasteiger partial charge is 0.462 e. The van der Waals surface area contributed by atoms with Gasteiger partial charge in [-0.05, 0) is 37.2 Å². The Morgan fingerprint density at radius 1 is 1.23 bits per heavy atom. The van der Waals surface area contributed by atoms with Crippen LogP contribution in [0.3, 0.4) is 0 Å². The molecule has 8 heteroatoms. The van der Waals surface area contributed by atoms with E-state index in [9.17, 15) is 4.79 Å². The molecule has 1 heterocycles. The molecular weight excluding hydrogens is 384 g/mol. The van der Waals surface area contributed by atoms with E-state index in [4.69, 9.17) is 13.9 Å². The number of esters is 1. The molecule has 142 valence electrons. The van der Waals surface area contributed by atoms with Crippen LogP contribution in [0.2, 0.25) is 0 Å². The molecule has 1 aliphatic heterocycles. The fraction of sp³-hybridized carbons (Fsp3) is 0.611. The first-order valence-corrected chi connectivity index (χ1v) is 11.1. The predicted molar refractivity (Wildman–Crippen MR) is 115 cm³/mol. The Morgan fingerprint density at radius 3 is 2.69 bits per heavy atom. The minimum absolute atomic E-state index is 0.0314. The molecule has 26 heavy (non-hydrogen) atoms. The van der Waals surface area contributed by atoms with Crippen molar-refractivity contribution in [1.29, 1.82) is 0 Å². The summed E-state index contributed by atoms with van der Waals surface area (Å²) >= 11 is 0. The molecule has 0 aromatic heterocycles. The lowest BCUT2D eigenvalue weighted by Crippen LogP contribution is -2.27. The lowest BCUT2D eigenvalue weighted by atomic mass is 9.86. The van der Waals surface area contributed by atoms with Crippen LogP contribution in [0, 0.1) is 11.8 Å². The van der Waals surface area contributed by atoms with E-state index in [1.807, 2.05) is 6.07 Å². The number of ether oxygens (including phenoxy) is 1. The molecule has 1 aliphatic carbocycles. The van der Waals surface area contributed by atoms with E-state index in [0.717, 1.165) is 32.1 Å². The Balaban J connectivity index is 1.54. The summed E-state index contributed by atoms with van der Waals surface area (Å²) in [6.07, 6.45) is 5.73. The van der Waals surface area contributed by atoms with Crippen LogP contribution in [0.15, 0.2) is 30.3 Å². The van der Waals surface area contributed by atoms with Gasteiger partial charge in [0.25, 0.3) is 0 Å². The van der Waals surface area contributed by atoms with Crippen LogP contribution in [0.4, 0.5) is 0 Å². The van der Waals surface area contributed by atoms with Gasteiger partial charge in [0.15, 0.2) is 0 Å². The van der Waals surface area contributed by atoms with Crippen molar-refractivity contribution in [3.8, 4) is 0 Å². The molecule has 0 spiro atoms. The van der Waals surface area contributed by atoms with Gasteiger partial charge in [-0.15, -0.1) is 18.2 Å². The van der Waals surface area contributed by atoms with E-state index in [0.29, 0.717) is 18.3 Å². The molecular formula is C18H28BO4P3. The number of benzene rings is 1. The monoisotopic (exact) mass is 412 g/mol. The number of carbonyl (C=O) groups excluding carboxylic acids is 1. The van der Waals surface area contributed by atoms with Crippen LogP contribution < -0.4 is 0 Å². The quantitative estimate of drug-likeness (QED) is 0.353. The van der Waals surface area contributed by atoms with Crippen molar-refractivity contribution in [3.05, 3.63) is 35.9 Å². The van der Waals surface area contributed by atoms with Crippen molar-refractivity contribution in [2.75, 3.05) is 0 Å². The lowest BCUT2D eigenvalue weighted by Gasteiger charge is -2.26. The third kappa shape index (κ3) is 5.49. The van der Waals surface area contributed by atoms with Gasteiger partial charge in [0.1, 0.15) is 6.10 Å². The summed E-state index contributed by atoms with van der Waals surface area (Å²) in [4.78, 5) is 11.7. The molecule has 3 unspecified atom stereocenters. The van der Waals surface area contributed by atoms with Crippen molar-refractivity contribution in [2.24, 2.45) is 11.8 Å². The first-order chi connectivity index (χ1) is 12.6. The Labute approximate surface area is 163 Å². The van der Waals surface area contributed by atoms with Crippen LogP contribution in [0.25, 0.3) is 0 Å². The molecule has 8 atom stereocenters. The fourth-order valence-corrected chi connectivity index (χ4v) is 5.02. The molecule has 0 amide bonds. The maximum atomic E-state index is 11.7. The van der Waals surface area contributed by atoms with Crippen LogP contribution in [-0.2, 0) is 25.1 Å². The van der Waals surface area contributed by atoms with E-state index >= 15 is 0 Å². The summed E-state index contributed by atoms with van der Waals surface area (Å²) < 4.78 is 17.2. The highest BCUT2D eigenvalue weighted by molar-refractivity contribution is 7.92.